The number of anilines is 1. The number of benzene rings is 2. The van der Waals surface area contributed by atoms with Crippen molar-refractivity contribution < 1.29 is 0 Å². The van der Waals surface area contributed by atoms with E-state index in [1.54, 1.807) is 0 Å². The predicted octanol–water partition coefficient (Wildman–Crippen LogP) is 4.64. The number of aryl methyl sites for hydroxylation is 1. The molecule has 0 aromatic heterocycles. The zero-order chi connectivity index (χ0) is 13.4. The third kappa shape index (κ3) is 2.25. The molecule has 0 atom stereocenters. The monoisotopic (exact) mass is 251 g/mol. The highest BCUT2D eigenvalue weighted by molar-refractivity contribution is 5.55. The lowest BCUT2D eigenvalue weighted by atomic mass is 9.97. The summed E-state index contributed by atoms with van der Waals surface area (Å²) in [7, 11) is 0. The van der Waals surface area contributed by atoms with E-state index >= 15 is 0 Å². The molecule has 0 amide bonds. The molecule has 0 unspecified atom stereocenters. The molecule has 98 valence electrons. The lowest BCUT2D eigenvalue weighted by Gasteiger charge is -2.20. The van der Waals surface area contributed by atoms with Crippen molar-refractivity contribution in [1.82, 2.24) is 0 Å². The second-order valence-electron chi connectivity index (χ2n) is 5.82. The zero-order valence-electron chi connectivity index (χ0n) is 12.0. The maximum absolute atomic E-state index is 2.46. The molecule has 19 heavy (non-hydrogen) atoms. The first-order chi connectivity index (χ1) is 9.15. The van der Waals surface area contributed by atoms with Crippen LogP contribution in [-0.4, -0.2) is 0 Å². The van der Waals surface area contributed by atoms with Gasteiger partial charge in [0.1, 0.15) is 0 Å². The van der Waals surface area contributed by atoms with E-state index in [0.717, 1.165) is 13.1 Å². The Balaban J connectivity index is 1.88. The molecule has 0 bridgehead atoms. The largest absolute Gasteiger partial charge is 0.363 e. The van der Waals surface area contributed by atoms with Crippen LogP contribution in [0.4, 0.5) is 5.69 Å². The smallest absolute Gasteiger partial charge is 0.0436 e. The minimum Gasteiger partial charge on any atom is -0.363 e. The first-order valence-electron chi connectivity index (χ1n) is 7.07. The molecule has 0 aliphatic carbocycles. The van der Waals surface area contributed by atoms with Gasteiger partial charge in [-0.25, -0.2) is 0 Å². The quantitative estimate of drug-likeness (QED) is 0.751. The molecule has 0 saturated carbocycles. The van der Waals surface area contributed by atoms with Gasteiger partial charge in [0.05, 0.1) is 0 Å². The molecule has 0 radical (unpaired) electrons. The third-order valence-electron chi connectivity index (χ3n) is 4.08. The summed E-state index contributed by atoms with van der Waals surface area (Å²) in [6.45, 7) is 8.82. The lowest BCUT2D eigenvalue weighted by molar-refractivity contribution is 0.847. The van der Waals surface area contributed by atoms with E-state index in [9.17, 15) is 0 Å². The van der Waals surface area contributed by atoms with Crippen molar-refractivity contribution in [3.63, 3.8) is 0 Å². The van der Waals surface area contributed by atoms with Gasteiger partial charge in [-0.2, -0.15) is 0 Å². The molecule has 1 heterocycles. The van der Waals surface area contributed by atoms with Crippen molar-refractivity contribution in [3.8, 4) is 0 Å². The Morgan fingerprint density at radius 1 is 0.947 bits per heavy atom. The molecule has 0 N–H and O–H groups in total. The molecule has 0 spiro atoms. The Labute approximate surface area is 115 Å². The van der Waals surface area contributed by atoms with E-state index < -0.39 is 0 Å². The van der Waals surface area contributed by atoms with Gasteiger partial charge in [0, 0.05) is 18.8 Å². The predicted molar refractivity (Wildman–Crippen MR) is 81.6 cm³/mol. The van der Waals surface area contributed by atoms with E-state index in [0.29, 0.717) is 5.92 Å². The summed E-state index contributed by atoms with van der Waals surface area (Å²) in [5, 5.41) is 0. The van der Waals surface area contributed by atoms with E-state index in [4.69, 9.17) is 0 Å². The lowest BCUT2D eigenvalue weighted by Crippen LogP contribution is -2.14. The fourth-order valence-corrected chi connectivity index (χ4v) is 3.02. The summed E-state index contributed by atoms with van der Waals surface area (Å²) in [4.78, 5) is 2.46. The van der Waals surface area contributed by atoms with Gasteiger partial charge in [-0.3, -0.25) is 0 Å². The van der Waals surface area contributed by atoms with Crippen molar-refractivity contribution in [2.45, 2.75) is 39.8 Å². The highest BCUT2D eigenvalue weighted by Gasteiger charge is 2.19. The molecule has 2 aromatic carbocycles. The normalized spacial score (nSPS) is 14.0. The third-order valence-corrected chi connectivity index (χ3v) is 4.08. The van der Waals surface area contributed by atoms with Crippen molar-refractivity contribution in [2.75, 3.05) is 4.90 Å². The van der Waals surface area contributed by atoms with Gasteiger partial charge in [-0.15, -0.1) is 0 Å². The van der Waals surface area contributed by atoms with Crippen LogP contribution < -0.4 is 4.90 Å². The van der Waals surface area contributed by atoms with Crippen LogP contribution in [-0.2, 0) is 13.1 Å². The molecule has 0 fully saturated rings. The summed E-state index contributed by atoms with van der Waals surface area (Å²) in [6.07, 6.45) is 0. The average molecular weight is 251 g/mol. The Kier molecular flexibility index (Phi) is 3.06. The summed E-state index contributed by atoms with van der Waals surface area (Å²) in [5.41, 5.74) is 7.14. The average Bonchev–Trinajstić information content (AvgIpc) is 2.81. The van der Waals surface area contributed by atoms with E-state index in [2.05, 4.69) is 68.1 Å². The van der Waals surface area contributed by atoms with E-state index in [-0.39, 0.29) is 0 Å². The Morgan fingerprint density at radius 2 is 1.58 bits per heavy atom. The van der Waals surface area contributed by atoms with Crippen molar-refractivity contribution in [3.05, 3.63) is 64.7 Å². The first-order valence-corrected chi connectivity index (χ1v) is 7.07. The number of fused-ring (bicyclic) bond motifs is 1. The summed E-state index contributed by atoms with van der Waals surface area (Å²) < 4.78 is 0. The van der Waals surface area contributed by atoms with Crippen LogP contribution in [0.5, 0.6) is 0 Å². The maximum atomic E-state index is 2.46. The standard InChI is InChI=1S/C18H21N/c1-13(2)18-9-8-17(10-14(18)3)19-11-15-6-4-5-7-16(15)12-19/h4-10,13H,11-12H2,1-3H3. The Bertz CT molecular complexity index is 573. The van der Waals surface area contributed by atoms with Gasteiger partial charge in [0.15, 0.2) is 0 Å². The van der Waals surface area contributed by atoms with Crippen LogP contribution in [0.3, 0.4) is 0 Å². The van der Waals surface area contributed by atoms with Gasteiger partial charge in [-0.05, 0) is 47.2 Å². The Hall–Kier alpha value is -1.76. The molecular weight excluding hydrogens is 230 g/mol. The van der Waals surface area contributed by atoms with Gasteiger partial charge >= 0.3 is 0 Å². The van der Waals surface area contributed by atoms with Gasteiger partial charge in [0.25, 0.3) is 0 Å². The fourth-order valence-electron chi connectivity index (χ4n) is 3.02. The summed E-state index contributed by atoms with van der Waals surface area (Å²) >= 11 is 0. The molecule has 1 aliphatic rings. The highest BCUT2D eigenvalue weighted by atomic mass is 15.1. The summed E-state index contributed by atoms with van der Waals surface area (Å²) in [5.74, 6) is 0.602. The fraction of sp³-hybridized carbons (Fsp3) is 0.333. The maximum Gasteiger partial charge on any atom is 0.0436 e. The minimum atomic E-state index is 0.602. The molecular formula is C18H21N. The molecule has 2 aromatic rings. The Morgan fingerprint density at radius 3 is 2.11 bits per heavy atom. The van der Waals surface area contributed by atoms with Gasteiger partial charge in [0.2, 0.25) is 0 Å². The van der Waals surface area contributed by atoms with Crippen LogP contribution in [0.25, 0.3) is 0 Å². The van der Waals surface area contributed by atoms with Gasteiger partial charge < -0.3 is 4.90 Å². The van der Waals surface area contributed by atoms with Crippen LogP contribution >= 0.6 is 0 Å². The first kappa shape index (κ1) is 12.3. The van der Waals surface area contributed by atoms with Crippen molar-refractivity contribution in [1.29, 1.82) is 0 Å². The van der Waals surface area contributed by atoms with Crippen LogP contribution in [0.15, 0.2) is 42.5 Å². The topological polar surface area (TPSA) is 3.24 Å². The van der Waals surface area contributed by atoms with Crippen LogP contribution in [0.1, 0.15) is 42.0 Å². The zero-order valence-corrected chi connectivity index (χ0v) is 12.0. The number of rotatable bonds is 2. The number of nitrogens with zero attached hydrogens (tertiary/aromatic N) is 1. The van der Waals surface area contributed by atoms with E-state index in [1.165, 1.54) is 27.9 Å². The molecule has 1 nitrogen and oxygen atoms in total. The second-order valence-corrected chi connectivity index (χ2v) is 5.82. The molecule has 1 heteroatoms. The number of hydrogen-bond donors (Lipinski definition) is 0. The molecule has 3 rings (SSSR count). The molecule has 0 saturated heterocycles. The minimum absolute atomic E-state index is 0.602. The number of hydrogen-bond acceptors (Lipinski definition) is 1. The van der Waals surface area contributed by atoms with Crippen molar-refractivity contribution >= 4 is 5.69 Å². The van der Waals surface area contributed by atoms with Crippen molar-refractivity contribution in [2.24, 2.45) is 0 Å². The molecule has 1 aliphatic heterocycles. The van der Waals surface area contributed by atoms with E-state index in [1.807, 2.05) is 0 Å². The van der Waals surface area contributed by atoms with Crippen LogP contribution in [0.2, 0.25) is 0 Å². The van der Waals surface area contributed by atoms with Crippen LogP contribution in [0, 0.1) is 6.92 Å². The summed E-state index contributed by atoms with van der Waals surface area (Å²) in [6, 6.07) is 15.6. The highest BCUT2D eigenvalue weighted by Crippen LogP contribution is 2.30. The SMILES string of the molecule is Cc1cc(N2Cc3ccccc3C2)ccc1C(C)C. The second kappa shape index (κ2) is 4.73. The van der Waals surface area contributed by atoms with Gasteiger partial charge in [-0.1, -0.05) is 44.2 Å².